The molecule has 0 atom stereocenters. The molecule has 0 bridgehead atoms. The Hall–Kier alpha value is -3.16. The second kappa shape index (κ2) is 10.6. The summed E-state index contributed by atoms with van der Waals surface area (Å²) < 4.78 is 31.8. The Balaban J connectivity index is 1.78. The average molecular weight is 467 g/mol. The molecule has 6 nitrogen and oxygen atoms in total. The van der Waals surface area contributed by atoms with Crippen LogP contribution in [0.25, 0.3) is 0 Å². The lowest BCUT2D eigenvalue weighted by Gasteiger charge is -2.26. The number of hydrogen-bond acceptors (Lipinski definition) is 4. The zero-order valence-corrected chi connectivity index (χ0v) is 20.2. The van der Waals surface area contributed by atoms with Gasteiger partial charge in [0.1, 0.15) is 0 Å². The second-order valence-corrected chi connectivity index (χ2v) is 10.2. The van der Waals surface area contributed by atoms with Gasteiger partial charge < -0.3 is 10.1 Å². The molecule has 0 saturated heterocycles. The van der Waals surface area contributed by atoms with Crippen LogP contribution in [0.3, 0.4) is 0 Å². The van der Waals surface area contributed by atoms with Gasteiger partial charge in [0.05, 0.1) is 25.1 Å². The summed E-state index contributed by atoms with van der Waals surface area (Å²) >= 11 is 0. The van der Waals surface area contributed by atoms with E-state index in [2.05, 4.69) is 5.32 Å². The van der Waals surface area contributed by atoms with Crippen LogP contribution in [-0.2, 0) is 27.9 Å². The van der Waals surface area contributed by atoms with E-state index in [9.17, 15) is 13.2 Å². The molecule has 0 spiro atoms. The van der Waals surface area contributed by atoms with Gasteiger partial charge >= 0.3 is 0 Å². The standard InChI is InChI=1S/C26H30N2O4S/c1-19(2)24-10-5-6-11-25(24)28(33(4,30)31)17-20-12-14-22(15-13-20)26(29)27-23-9-7-8-21(16-23)18-32-3/h5-16,19H,17-18H2,1-4H3,(H,27,29). The second-order valence-electron chi connectivity index (χ2n) is 8.27. The molecule has 3 rings (SSSR count). The summed E-state index contributed by atoms with van der Waals surface area (Å²) in [6, 6.07) is 22.0. The Morgan fingerprint density at radius 1 is 0.970 bits per heavy atom. The van der Waals surface area contributed by atoms with Crippen LogP contribution >= 0.6 is 0 Å². The van der Waals surface area contributed by atoms with E-state index in [1.165, 1.54) is 10.6 Å². The fourth-order valence-corrected chi connectivity index (χ4v) is 4.53. The number of methoxy groups -OCH3 is 1. The Bertz CT molecular complexity index is 1200. The van der Waals surface area contributed by atoms with Crippen molar-refractivity contribution in [1.82, 2.24) is 0 Å². The van der Waals surface area contributed by atoms with Gasteiger partial charge in [0.15, 0.2) is 0 Å². The van der Waals surface area contributed by atoms with Crippen LogP contribution < -0.4 is 9.62 Å². The van der Waals surface area contributed by atoms with E-state index in [4.69, 9.17) is 4.74 Å². The van der Waals surface area contributed by atoms with Crippen LogP contribution in [0.15, 0.2) is 72.8 Å². The topological polar surface area (TPSA) is 75.7 Å². The van der Waals surface area contributed by atoms with Crippen LogP contribution in [0.5, 0.6) is 0 Å². The predicted molar refractivity (Wildman–Crippen MR) is 133 cm³/mol. The first-order valence-electron chi connectivity index (χ1n) is 10.7. The van der Waals surface area contributed by atoms with E-state index < -0.39 is 10.0 Å². The summed E-state index contributed by atoms with van der Waals surface area (Å²) in [5.74, 6) is -0.0554. The van der Waals surface area contributed by atoms with E-state index in [0.717, 1.165) is 16.7 Å². The Labute approximate surface area is 196 Å². The largest absolute Gasteiger partial charge is 0.380 e. The number of amides is 1. The lowest BCUT2D eigenvalue weighted by molar-refractivity contribution is 0.102. The molecular weight excluding hydrogens is 436 g/mol. The van der Waals surface area contributed by atoms with E-state index >= 15 is 0 Å². The number of nitrogens with zero attached hydrogens (tertiary/aromatic N) is 1. The van der Waals surface area contributed by atoms with Gasteiger partial charge in [-0.15, -0.1) is 0 Å². The van der Waals surface area contributed by atoms with Crippen molar-refractivity contribution in [2.45, 2.75) is 32.9 Å². The first kappa shape index (κ1) is 24.5. The predicted octanol–water partition coefficient (Wildman–Crippen LogP) is 5.17. The van der Waals surface area contributed by atoms with Crippen LogP contribution in [0, 0.1) is 0 Å². The monoisotopic (exact) mass is 466 g/mol. The number of sulfonamides is 1. The Kier molecular flexibility index (Phi) is 7.89. The zero-order chi connectivity index (χ0) is 24.0. The molecule has 7 heteroatoms. The summed E-state index contributed by atoms with van der Waals surface area (Å²) in [6.45, 7) is 4.73. The van der Waals surface area contributed by atoms with Crippen molar-refractivity contribution in [2.24, 2.45) is 0 Å². The van der Waals surface area contributed by atoms with Crippen molar-refractivity contribution in [3.05, 3.63) is 95.1 Å². The van der Waals surface area contributed by atoms with Gasteiger partial charge in [-0.2, -0.15) is 0 Å². The summed E-state index contributed by atoms with van der Waals surface area (Å²) in [6.07, 6.45) is 1.21. The average Bonchev–Trinajstić information content (AvgIpc) is 2.77. The van der Waals surface area contributed by atoms with Crippen molar-refractivity contribution in [3.8, 4) is 0 Å². The summed E-state index contributed by atoms with van der Waals surface area (Å²) in [5, 5.41) is 2.89. The molecule has 0 aliphatic rings. The van der Waals surface area contributed by atoms with Gasteiger partial charge in [-0.3, -0.25) is 9.10 Å². The highest BCUT2D eigenvalue weighted by atomic mass is 32.2. The number of ether oxygens (including phenoxy) is 1. The molecule has 1 amide bonds. The molecule has 0 aromatic heterocycles. The fraction of sp³-hybridized carbons (Fsp3) is 0.269. The molecule has 3 aromatic carbocycles. The number of rotatable bonds is 9. The molecule has 0 heterocycles. The molecule has 33 heavy (non-hydrogen) atoms. The quantitative estimate of drug-likeness (QED) is 0.472. The fourth-order valence-electron chi connectivity index (χ4n) is 3.62. The van der Waals surface area contributed by atoms with E-state index in [1.54, 1.807) is 31.4 Å². The van der Waals surface area contributed by atoms with Crippen LogP contribution in [0.4, 0.5) is 11.4 Å². The molecule has 0 unspecified atom stereocenters. The van der Waals surface area contributed by atoms with Crippen LogP contribution in [-0.4, -0.2) is 27.7 Å². The minimum absolute atomic E-state index is 0.180. The number of nitrogens with one attached hydrogen (secondary N) is 1. The Morgan fingerprint density at radius 2 is 1.67 bits per heavy atom. The number of benzene rings is 3. The third kappa shape index (κ3) is 6.43. The SMILES string of the molecule is COCc1cccc(NC(=O)c2ccc(CN(c3ccccc3C(C)C)S(C)(=O)=O)cc2)c1. The number of para-hydroxylation sites is 1. The highest BCUT2D eigenvalue weighted by Crippen LogP contribution is 2.30. The van der Waals surface area contributed by atoms with Gasteiger partial charge in [0.25, 0.3) is 5.91 Å². The molecule has 0 radical (unpaired) electrons. The number of anilines is 2. The third-order valence-electron chi connectivity index (χ3n) is 5.27. The van der Waals surface area contributed by atoms with Crippen molar-refractivity contribution < 1.29 is 17.9 Å². The minimum Gasteiger partial charge on any atom is -0.380 e. The number of carbonyl (C=O) groups is 1. The molecule has 3 aromatic rings. The minimum atomic E-state index is -3.50. The smallest absolute Gasteiger partial charge is 0.255 e. The van der Waals surface area contributed by atoms with Crippen LogP contribution in [0.1, 0.15) is 46.8 Å². The highest BCUT2D eigenvalue weighted by molar-refractivity contribution is 7.92. The lowest BCUT2D eigenvalue weighted by atomic mass is 10.0. The first-order chi connectivity index (χ1) is 15.7. The van der Waals surface area contributed by atoms with E-state index in [-0.39, 0.29) is 18.4 Å². The van der Waals surface area contributed by atoms with Crippen molar-refractivity contribution in [3.63, 3.8) is 0 Å². The zero-order valence-electron chi connectivity index (χ0n) is 19.4. The van der Waals surface area contributed by atoms with E-state index in [0.29, 0.717) is 23.5 Å². The molecule has 0 aliphatic heterocycles. The van der Waals surface area contributed by atoms with E-state index in [1.807, 2.05) is 62.4 Å². The van der Waals surface area contributed by atoms with Gasteiger partial charge in [-0.1, -0.05) is 56.3 Å². The van der Waals surface area contributed by atoms with Crippen molar-refractivity contribution in [2.75, 3.05) is 23.0 Å². The third-order valence-corrected chi connectivity index (χ3v) is 6.39. The maximum Gasteiger partial charge on any atom is 0.255 e. The lowest BCUT2D eigenvalue weighted by Crippen LogP contribution is -2.30. The molecule has 1 N–H and O–H groups in total. The maximum atomic E-state index is 12.7. The summed E-state index contributed by atoms with van der Waals surface area (Å²) in [4.78, 5) is 12.7. The molecule has 0 aliphatic carbocycles. The normalized spacial score (nSPS) is 11.4. The molecule has 0 fully saturated rings. The first-order valence-corrected chi connectivity index (χ1v) is 12.6. The van der Waals surface area contributed by atoms with Gasteiger partial charge in [-0.05, 0) is 52.9 Å². The maximum absolute atomic E-state index is 12.7. The summed E-state index contributed by atoms with van der Waals surface area (Å²) in [5.41, 5.74) is 4.57. The van der Waals surface area contributed by atoms with Gasteiger partial charge in [-0.25, -0.2) is 8.42 Å². The number of hydrogen-bond donors (Lipinski definition) is 1. The Morgan fingerprint density at radius 3 is 2.30 bits per heavy atom. The van der Waals surface area contributed by atoms with Crippen molar-refractivity contribution >= 4 is 27.3 Å². The van der Waals surface area contributed by atoms with Crippen molar-refractivity contribution in [1.29, 1.82) is 0 Å². The molecule has 0 saturated carbocycles. The molecule has 174 valence electrons. The number of carbonyl (C=O) groups excluding carboxylic acids is 1. The van der Waals surface area contributed by atoms with Crippen LogP contribution in [0.2, 0.25) is 0 Å². The summed E-state index contributed by atoms with van der Waals surface area (Å²) in [7, 11) is -1.88. The van der Waals surface area contributed by atoms with Gasteiger partial charge in [0.2, 0.25) is 10.0 Å². The molecular formula is C26H30N2O4S. The highest BCUT2D eigenvalue weighted by Gasteiger charge is 2.21. The van der Waals surface area contributed by atoms with Gasteiger partial charge in [0, 0.05) is 18.4 Å².